The van der Waals surface area contributed by atoms with Gasteiger partial charge in [-0.3, -0.25) is 4.79 Å². The van der Waals surface area contributed by atoms with Crippen molar-refractivity contribution in [3.63, 3.8) is 0 Å². The molecule has 1 atom stereocenters. The molecule has 1 aliphatic carbocycles. The molecule has 2 heterocycles. The maximum absolute atomic E-state index is 11.7. The minimum absolute atomic E-state index is 0.0860. The average Bonchev–Trinajstić information content (AvgIpc) is 3.00. The second kappa shape index (κ2) is 4.48. The van der Waals surface area contributed by atoms with E-state index in [9.17, 15) is 4.79 Å². The maximum atomic E-state index is 11.7. The Bertz CT molecular complexity index is 557. The molecule has 2 aromatic rings. The Balaban J connectivity index is 1.77. The Morgan fingerprint density at radius 2 is 2.39 bits per heavy atom. The van der Waals surface area contributed by atoms with Gasteiger partial charge in [-0.25, -0.2) is 5.10 Å². The largest absolute Gasteiger partial charge is 0.469 e. The highest BCUT2D eigenvalue weighted by Crippen LogP contribution is 2.31. The Morgan fingerprint density at radius 1 is 1.44 bits per heavy atom. The van der Waals surface area contributed by atoms with Crippen LogP contribution in [-0.4, -0.2) is 21.0 Å². The average molecular weight is 244 g/mol. The molecule has 0 spiro atoms. The molecule has 92 valence electrons. The predicted octanol–water partition coefficient (Wildman–Crippen LogP) is 1.84. The lowest BCUT2D eigenvalue weighted by atomic mass is 9.89. The van der Waals surface area contributed by atoms with Crippen LogP contribution in [0.1, 0.15) is 24.5 Å². The van der Waals surface area contributed by atoms with Gasteiger partial charge in [0.15, 0.2) is 5.78 Å². The number of hydrogen-bond donors (Lipinski definition) is 2. The highest BCUT2D eigenvalue weighted by Gasteiger charge is 2.24. The SMILES string of the molecule is O=C1C=C(Nc2ncn[nH]2)C[C@@H](c2ccco2)C1. The molecule has 3 rings (SSSR count). The molecule has 18 heavy (non-hydrogen) atoms. The monoisotopic (exact) mass is 244 g/mol. The number of anilines is 1. The molecule has 0 saturated carbocycles. The van der Waals surface area contributed by atoms with Crippen LogP contribution in [-0.2, 0) is 4.79 Å². The van der Waals surface area contributed by atoms with E-state index < -0.39 is 0 Å². The third-order valence-electron chi connectivity index (χ3n) is 2.89. The molecule has 0 bridgehead atoms. The van der Waals surface area contributed by atoms with Gasteiger partial charge in [0.2, 0.25) is 5.95 Å². The van der Waals surface area contributed by atoms with Crippen molar-refractivity contribution in [3.8, 4) is 0 Å². The molecular formula is C12H12N4O2. The fourth-order valence-electron chi connectivity index (χ4n) is 2.12. The van der Waals surface area contributed by atoms with E-state index in [1.54, 1.807) is 12.3 Å². The van der Waals surface area contributed by atoms with Crippen molar-refractivity contribution in [2.24, 2.45) is 0 Å². The van der Waals surface area contributed by atoms with Crippen molar-refractivity contribution in [1.82, 2.24) is 15.2 Å². The van der Waals surface area contributed by atoms with Gasteiger partial charge in [0, 0.05) is 24.1 Å². The van der Waals surface area contributed by atoms with E-state index in [-0.39, 0.29) is 11.7 Å². The van der Waals surface area contributed by atoms with Crippen molar-refractivity contribution in [3.05, 3.63) is 42.3 Å². The zero-order valence-electron chi connectivity index (χ0n) is 9.59. The number of nitrogens with one attached hydrogen (secondary N) is 2. The molecule has 0 radical (unpaired) electrons. The summed E-state index contributed by atoms with van der Waals surface area (Å²) in [6, 6.07) is 3.73. The van der Waals surface area contributed by atoms with Crippen LogP contribution in [0.4, 0.5) is 5.95 Å². The molecule has 0 aliphatic heterocycles. The van der Waals surface area contributed by atoms with E-state index in [1.807, 2.05) is 12.1 Å². The zero-order valence-corrected chi connectivity index (χ0v) is 9.59. The van der Waals surface area contributed by atoms with E-state index in [4.69, 9.17) is 4.42 Å². The molecule has 0 saturated heterocycles. The summed E-state index contributed by atoms with van der Waals surface area (Å²) in [6.07, 6.45) is 5.86. The van der Waals surface area contributed by atoms with Gasteiger partial charge >= 0.3 is 0 Å². The molecule has 6 heteroatoms. The van der Waals surface area contributed by atoms with E-state index >= 15 is 0 Å². The fraction of sp³-hybridized carbons (Fsp3) is 0.250. The number of aromatic amines is 1. The van der Waals surface area contributed by atoms with E-state index in [0.29, 0.717) is 12.4 Å². The lowest BCUT2D eigenvalue weighted by Crippen LogP contribution is -2.16. The summed E-state index contributed by atoms with van der Waals surface area (Å²) in [5.74, 6) is 1.55. The standard InChI is InChI=1S/C12H12N4O2/c17-10-5-8(11-2-1-3-18-11)4-9(6-10)15-12-13-7-14-16-12/h1-3,6-8H,4-5H2,(H2,13,14,15,16)/t8-/m1/s1. The predicted molar refractivity (Wildman–Crippen MR) is 63.8 cm³/mol. The number of nitrogens with zero attached hydrogens (tertiary/aromatic N) is 2. The van der Waals surface area contributed by atoms with Gasteiger partial charge in [-0.15, -0.1) is 0 Å². The normalized spacial score (nSPS) is 19.7. The summed E-state index contributed by atoms with van der Waals surface area (Å²) in [4.78, 5) is 15.7. The van der Waals surface area contributed by atoms with Crippen LogP contribution in [0.15, 0.2) is 40.9 Å². The van der Waals surface area contributed by atoms with Crippen LogP contribution in [0, 0.1) is 0 Å². The second-order valence-electron chi connectivity index (χ2n) is 4.22. The molecule has 2 N–H and O–H groups in total. The van der Waals surface area contributed by atoms with Gasteiger partial charge in [0.1, 0.15) is 12.1 Å². The number of carbonyl (C=O) groups is 1. The van der Waals surface area contributed by atoms with Gasteiger partial charge < -0.3 is 9.73 Å². The highest BCUT2D eigenvalue weighted by molar-refractivity contribution is 5.92. The quantitative estimate of drug-likeness (QED) is 0.860. The van der Waals surface area contributed by atoms with Crippen molar-refractivity contribution >= 4 is 11.7 Å². The summed E-state index contributed by atoms with van der Waals surface area (Å²) >= 11 is 0. The first kappa shape index (κ1) is 10.8. The van der Waals surface area contributed by atoms with E-state index in [1.165, 1.54) is 6.33 Å². The molecule has 0 aromatic carbocycles. The van der Waals surface area contributed by atoms with Gasteiger partial charge in [-0.1, -0.05) is 0 Å². The lowest BCUT2D eigenvalue weighted by molar-refractivity contribution is -0.115. The molecule has 1 aliphatic rings. The van der Waals surface area contributed by atoms with Crippen LogP contribution < -0.4 is 5.32 Å². The summed E-state index contributed by atoms with van der Waals surface area (Å²) in [7, 11) is 0. The van der Waals surface area contributed by atoms with Crippen LogP contribution in [0.25, 0.3) is 0 Å². The minimum atomic E-state index is 0.0860. The molecule has 0 fully saturated rings. The number of aromatic nitrogens is 3. The van der Waals surface area contributed by atoms with Crippen molar-refractivity contribution < 1.29 is 9.21 Å². The molecule has 0 unspecified atom stereocenters. The molecule has 2 aromatic heterocycles. The lowest BCUT2D eigenvalue weighted by Gasteiger charge is -2.20. The van der Waals surface area contributed by atoms with Crippen LogP contribution in [0.5, 0.6) is 0 Å². The van der Waals surface area contributed by atoms with Crippen LogP contribution in [0.2, 0.25) is 0 Å². The molecule has 6 nitrogen and oxygen atoms in total. The van der Waals surface area contributed by atoms with Gasteiger partial charge in [0.25, 0.3) is 0 Å². The van der Waals surface area contributed by atoms with E-state index in [0.717, 1.165) is 17.9 Å². The van der Waals surface area contributed by atoms with Crippen molar-refractivity contribution in [2.75, 3.05) is 5.32 Å². The number of allylic oxidation sites excluding steroid dienone is 2. The second-order valence-corrected chi connectivity index (χ2v) is 4.22. The topological polar surface area (TPSA) is 83.8 Å². The Morgan fingerprint density at radius 3 is 3.11 bits per heavy atom. The smallest absolute Gasteiger partial charge is 0.222 e. The van der Waals surface area contributed by atoms with Gasteiger partial charge in [0.05, 0.1) is 6.26 Å². The highest BCUT2D eigenvalue weighted by atomic mass is 16.3. The number of carbonyl (C=O) groups excluding carboxylic acids is 1. The third kappa shape index (κ3) is 2.17. The van der Waals surface area contributed by atoms with Crippen LogP contribution in [0.3, 0.4) is 0 Å². The Kier molecular flexibility index (Phi) is 2.68. The number of furan rings is 1. The fourth-order valence-corrected chi connectivity index (χ4v) is 2.12. The summed E-state index contributed by atoms with van der Waals surface area (Å²) in [5.41, 5.74) is 0.824. The number of hydrogen-bond acceptors (Lipinski definition) is 5. The minimum Gasteiger partial charge on any atom is -0.469 e. The van der Waals surface area contributed by atoms with Gasteiger partial charge in [-0.05, 0) is 18.6 Å². The summed E-state index contributed by atoms with van der Waals surface area (Å²) in [6.45, 7) is 0. The summed E-state index contributed by atoms with van der Waals surface area (Å²) in [5, 5.41) is 9.50. The Labute approximate surface area is 103 Å². The van der Waals surface area contributed by atoms with Crippen molar-refractivity contribution in [2.45, 2.75) is 18.8 Å². The van der Waals surface area contributed by atoms with Crippen LogP contribution >= 0.6 is 0 Å². The number of ketones is 1. The number of H-pyrrole nitrogens is 1. The third-order valence-corrected chi connectivity index (χ3v) is 2.89. The molecule has 0 amide bonds. The molecular weight excluding hydrogens is 232 g/mol. The first-order valence-corrected chi connectivity index (χ1v) is 5.70. The van der Waals surface area contributed by atoms with Gasteiger partial charge in [-0.2, -0.15) is 10.1 Å². The van der Waals surface area contributed by atoms with E-state index in [2.05, 4.69) is 20.5 Å². The first-order valence-electron chi connectivity index (χ1n) is 5.70. The summed E-state index contributed by atoms with van der Waals surface area (Å²) < 4.78 is 5.36. The Hall–Kier alpha value is -2.37. The zero-order chi connectivity index (χ0) is 12.4. The number of rotatable bonds is 3. The maximum Gasteiger partial charge on any atom is 0.222 e. The first-order chi connectivity index (χ1) is 8.81. The van der Waals surface area contributed by atoms with Crippen molar-refractivity contribution in [1.29, 1.82) is 0 Å².